The van der Waals surface area contributed by atoms with Gasteiger partial charge in [0.15, 0.2) is 0 Å². The molecule has 0 spiro atoms. The van der Waals surface area contributed by atoms with E-state index >= 15 is 0 Å². The summed E-state index contributed by atoms with van der Waals surface area (Å²) >= 11 is 6.04. The van der Waals surface area contributed by atoms with Crippen molar-refractivity contribution in [3.8, 4) is 0 Å². The zero-order valence-electron chi connectivity index (χ0n) is 12.2. The Kier molecular flexibility index (Phi) is 2.49. The first-order chi connectivity index (χ1) is 10.8. The third-order valence-corrected chi connectivity index (χ3v) is 5.38. The fraction of sp³-hybridized carbons (Fsp3) is 0.333. The average Bonchev–Trinajstić information content (AvgIpc) is 3.46. The molecule has 2 aliphatic carbocycles. The molecule has 0 aliphatic heterocycles. The fourth-order valence-electron chi connectivity index (χ4n) is 3.58. The van der Waals surface area contributed by atoms with Gasteiger partial charge in [-0.25, -0.2) is 4.40 Å². The molecular weight excluding hydrogens is 294 g/mol. The van der Waals surface area contributed by atoms with Crippen molar-refractivity contribution < 1.29 is 4.40 Å². The van der Waals surface area contributed by atoms with E-state index in [-0.39, 0.29) is 5.41 Å². The summed E-state index contributed by atoms with van der Waals surface area (Å²) in [6, 6.07) is 12.6. The molecule has 1 aromatic carbocycles. The van der Waals surface area contributed by atoms with E-state index in [4.69, 9.17) is 11.6 Å². The Morgan fingerprint density at radius 3 is 2.59 bits per heavy atom. The molecule has 0 amide bonds. The summed E-state index contributed by atoms with van der Waals surface area (Å²) < 4.78 is 2.26. The molecule has 2 fully saturated rings. The van der Waals surface area contributed by atoms with Gasteiger partial charge in [0.2, 0.25) is 5.82 Å². The second-order valence-corrected chi connectivity index (χ2v) is 7.03. The van der Waals surface area contributed by atoms with Crippen molar-refractivity contribution in [1.82, 2.24) is 10.2 Å². The van der Waals surface area contributed by atoms with Crippen LogP contribution in [0.25, 0.3) is 5.65 Å². The molecule has 110 valence electrons. The Hall–Kier alpha value is -1.87. The summed E-state index contributed by atoms with van der Waals surface area (Å²) in [5.41, 5.74) is 3.88. The summed E-state index contributed by atoms with van der Waals surface area (Å²) in [6.07, 6.45) is 7.05. The van der Waals surface area contributed by atoms with E-state index in [9.17, 15) is 0 Å². The predicted octanol–water partition coefficient (Wildman–Crippen LogP) is 3.76. The Balaban J connectivity index is 1.67. The Morgan fingerprint density at radius 1 is 1.14 bits per heavy atom. The second-order valence-electron chi connectivity index (χ2n) is 6.59. The van der Waals surface area contributed by atoms with Crippen molar-refractivity contribution in [2.24, 2.45) is 0 Å². The zero-order valence-corrected chi connectivity index (χ0v) is 13.0. The molecule has 1 N–H and O–H groups in total. The van der Waals surface area contributed by atoms with Crippen LogP contribution in [0.15, 0.2) is 42.6 Å². The lowest BCUT2D eigenvalue weighted by atomic mass is 9.95. The second kappa shape index (κ2) is 4.32. The highest BCUT2D eigenvalue weighted by atomic mass is 35.5. The number of aromatic nitrogens is 3. The van der Waals surface area contributed by atoms with Gasteiger partial charge < -0.3 is 0 Å². The van der Waals surface area contributed by atoms with Gasteiger partial charge in [-0.2, -0.15) is 0 Å². The molecule has 2 aromatic heterocycles. The molecule has 4 heteroatoms. The maximum atomic E-state index is 6.04. The lowest BCUT2D eigenvalue weighted by Crippen LogP contribution is -2.31. The molecular formula is C18H17ClN3+. The maximum absolute atomic E-state index is 6.04. The van der Waals surface area contributed by atoms with Crippen LogP contribution in [0.3, 0.4) is 0 Å². The lowest BCUT2D eigenvalue weighted by Gasteiger charge is -2.11. The lowest BCUT2D eigenvalue weighted by molar-refractivity contribution is -0.524. The number of hydrogen-bond donors (Lipinski definition) is 1. The van der Waals surface area contributed by atoms with Gasteiger partial charge in [0.1, 0.15) is 0 Å². The predicted molar refractivity (Wildman–Crippen MR) is 85.2 cm³/mol. The zero-order chi connectivity index (χ0) is 14.7. The number of nitrogens with one attached hydrogen (secondary N) is 1. The highest BCUT2D eigenvalue weighted by Crippen LogP contribution is 2.52. The van der Waals surface area contributed by atoms with Crippen LogP contribution < -0.4 is 4.40 Å². The Bertz CT molecular complexity index is 858. The van der Waals surface area contributed by atoms with Gasteiger partial charge in [0.05, 0.1) is 11.6 Å². The Morgan fingerprint density at radius 2 is 1.91 bits per heavy atom. The van der Waals surface area contributed by atoms with Crippen molar-refractivity contribution in [1.29, 1.82) is 0 Å². The van der Waals surface area contributed by atoms with E-state index < -0.39 is 0 Å². The standard InChI is InChI=1S/C18H16ClN3/c19-14-7-5-13(6-8-14)18(9-10-18)17-21-20-16-15(12-3-4-12)2-1-11-22(16)17/h1-2,5-8,11-12H,3-4,9-10H2/p+1. The van der Waals surface area contributed by atoms with Gasteiger partial charge in [0.25, 0.3) is 0 Å². The van der Waals surface area contributed by atoms with Crippen LogP contribution >= 0.6 is 11.6 Å². The van der Waals surface area contributed by atoms with Crippen LogP contribution in [0.1, 0.15) is 48.6 Å². The number of benzene rings is 1. The van der Waals surface area contributed by atoms with Crippen molar-refractivity contribution in [3.63, 3.8) is 0 Å². The summed E-state index contributed by atoms with van der Waals surface area (Å²) in [6.45, 7) is 0. The first-order valence-corrected chi connectivity index (χ1v) is 8.31. The van der Waals surface area contributed by atoms with Crippen molar-refractivity contribution in [2.45, 2.75) is 37.0 Å². The molecule has 22 heavy (non-hydrogen) atoms. The first kappa shape index (κ1) is 12.7. The smallest absolute Gasteiger partial charge is 0.200 e. The molecule has 0 saturated heterocycles. The highest BCUT2D eigenvalue weighted by molar-refractivity contribution is 6.30. The largest absolute Gasteiger partial charge is 0.309 e. The molecule has 0 atom stereocenters. The van der Waals surface area contributed by atoms with Gasteiger partial charge in [-0.15, -0.1) is 5.10 Å². The SMILES string of the molecule is Clc1ccc(C2(c3[nH]nc4c(C5CC5)ccc[n+]34)CC2)cc1. The van der Waals surface area contributed by atoms with Crippen LogP contribution in [-0.2, 0) is 5.41 Å². The summed E-state index contributed by atoms with van der Waals surface area (Å²) in [5.74, 6) is 1.91. The van der Waals surface area contributed by atoms with Gasteiger partial charge in [-0.05, 0) is 61.4 Å². The molecule has 2 aliphatic rings. The Labute approximate surface area is 133 Å². The number of hydrogen-bond acceptors (Lipinski definition) is 1. The van der Waals surface area contributed by atoms with E-state index in [2.05, 4.69) is 45.1 Å². The first-order valence-electron chi connectivity index (χ1n) is 7.93. The molecule has 2 saturated carbocycles. The number of halogens is 1. The highest BCUT2D eigenvalue weighted by Gasteiger charge is 2.53. The number of pyridine rings is 1. The van der Waals surface area contributed by atoms with E-state index in [0.717, 1.165) is 23.5 Å². The number of aromatic amines is 1. The van der Waals surface area contributed by atoms with Crippen LogP contribution in [0.5, 0.6) is 0 Å². The molecule has 0 bridgehead atoms. The minimum absolute atomic E-state index is 0.0756. The molecule has 3 nitrogen and oxygen atoms in total. The van der Waals surface area contributed by atoms with E-state index in [0.29, 0.717) is 5.92 Å². The summed E-state index contributed by atoms with van der Waals surface area (Å²) in [7, 11) is 0. The molecule has 3 aromatic rings. The van der Waals surface area contributed by atoms with Gasteiger partial charge >= 0.3 is 5.65 Å². The minimum Gasteiger partial charge on any atom is -0.200 e. The van der Waals surface area contributed by atoms with Gasteiger partial charge in [-0.3, -0.25) is 0 Å². The van der Waals surface area contributed by atoms with Crippen molar-refractivity contribution >= 4 is 17.2 Å². The molecule has 0 radical (unpaired) electrons. The number of fused-ring (bicyclic) bond motifs is 1. The molecule has 0 unspecified atom stereocenters. The fourth-order valence-corrected chi connectivity index (χ4v) is 3.71. The van der Waals surface area contributed by atoms with Gasteiger partial charge in [0, 0.05) is 15.7 Å². The van der Waals surface area contributed by atoms with Crippen molar-refractivity contribution in [2.75, 3.05) is 0 Å². The van der Waals surface area contributed by atoms with Crippen molar-refractivity contribution in [3.05, 3.63) is 64.6 Å². The van der Waals surface area contributed by atoms with E-state index in [1.807, 2.05) is 12.1 Å². The number of nitrogens with zero attached hydrogens (tertiary/aromatic N) is 2. The number of rotatable bonds is 3. The third kappa shape index (κ3) is 1.75. The normalized spacial score (nSPS) is 19.5. The molecule has 2 heterocycles. The number of H-pyrrole nitrogens is 1. The monoisotopic (exact) mass is 310 g/mol. The summed E-state index contributed by atoms with van der Waals surface area (Å²) in [4.78, 5) is 0. The van der Waals surface area contributed by atoms with Gasteiger partial charge in [-0.1, -0.05) is 23.7 Å². The van der Waals surface area contributed by atoms with Crippen LogP contribution in [0.2, 0.25) is 5.02 Å². The topological polar surface area (TPSA) is 32.8 Å². The quantitative estimate of drug-likeness (QED) is 0.734. The van der Waals surface area contributed by atoms with Crippen LogP contribution in [0.4, 0.5) is 0 Å². The van der Waals surface area contributed by atoms with E-state index in [1.165, 1.54) is 29.8 Å². The van der Waals surface area contributed by atoms with Crippen LogP contribution in [-0.4, -0.2) is 10.2 Å². The third-order valence-electron chi connectivity index (χ3n) is 5.12. The average molecular weight is 311 g/mol. The van der Waals surface area contributed by atoms with E-state index in [1.54, 1.807) is 0 Å². The van der Waals surface area contributed by atoms with Crippen LogP contribution in [0, 0.1) is 0 Å². The molecule has 5 rings (SSSR count). The minimum atomic E-state index is 0.0756. The summed E-state index contributed by atoms with van der Waals surface area (Å²) in [5, 5.41) is 8.76. The maximum Gasteiger partial charge on any atom is 0.309 e.